The number of nitrogens with one attached hydrogen (secondary N) is 3. The summed E-state index contributed by atoms with van der Waals surface area (Å²) < 4.78 is 0. The summed E-state index contributed by atoms with van der Waals surface area (Å²) in [5.41, 5.74) is 1.98. The van der Waals surface area contributed by atoms with Crippen molar-refractivity contribution < 1.29 is 4.79 Å². The molecule has 2 rings (SSSR count). The van der Waals surface area contributed by atoms with E-state index < -0.39 is 0 Å². The quantitative estimate of drug-likeness (QED) is 0.497. The Morgan fingerprint density at radius 3 is 2.60 bits per heavy atom. The van der Waals surface area contributed by atoms with E-state index in [4.69, 9.17) is 0 Å². The van der Waals surface area contributed by atoms with Crippen LogP contribution < -0.4 is 20.9 Å². The number of rotatable bonds is 7. The van der Waals surface area contributed by atoms with Crippen molar-refractivity contribution in [1.82, 2.24) is 15.5 Å². The summed E-state index contributed by atoms with van der Waals surface area (Å²) in [6.07, 6.45) is 1.45. The molecule has 7 nitrogen and oxygen atoms in total. The molecule has 1 aliphatic heterocycles. The number of anilines is 2. The third kappa shape index (κ3) is 6.10. The van der Waals surface area contributed by atoms with Crippen molar-refractivity contribution in [2.24, 2.45) is 0 Å². The van der Waals surface area contributed by atoms with Crippen molar-refractivity contribution in [2.45, 2.75) is 0 Å². The van der Waals surface area contributed by atoms with Crippen molar-refractivity contribution in [3.05, 3.63) is 36.0 Å². The Bertz CT molecular complexity index is 626. The van der Waals surface area contributed by atoms with Crippen LogP contribution in [0.4, 0.5) is 11.4 Å². The molecular weight excluding hydrogens is 316 g/mol. The maximum atomic E-state index is 12.1. The van der Waals surface area contributed by atoms with E-state index in [9.17, 15) is 10.1 Å². The smallest absolute Gasteiger partial charge is 0.263 e. The molecule has 0 radical (unpaired) electrons. The van der Waals surface area contributed by atoms with E-state index >= 15 is 0 Å². The molecule has 134 valence electrons. The first-order chi connectivity index (χ1) is 12.1. The summed E-state index contributed by atoms with van der Waals surface area (Å²) in [5, 5.41) is 18.3. The second-order valence-corrected chi connectivity index (χ2v) is 6.10. The zero-order valence-corrected chi connectivity index (χ0v) is 14.9. The minimum absolute atomic E-state index is 0.0667. The fourth-order valence-electron chi connectivity index (χ4n) is 2.52. The van der Waals surface area contributed by atoms with Gasteiger partial charge < -0.3 is 20.9 Å². The first-order valence-electron chi connectivity index (χ1n) is 8.45. The summed E-state index contributed by atoms with van der Waals surface area (Å²) >= 11 is 0. The maximum Gasteiger partial charge on any atom is 0.263 e. The number of hydrogen-bond donors (Lipinski definition) is 3. The average Bonchev–Trinajstić information content (AvgIpc) is 2.63. The van der Waals surface area contributed by atoms with E-state index in [2.05, 4.69) is 20.9 Å². The molecule has 7 heteroatoms. The van der Waals surface area contributed by atoms with Gasteiger partial charge in [-0.3, -0.25) is 9.69 Å². The number of nitrogens with zero attached hydrogens (tertiary/aromatic N) is 3. The SMILES string of the molecule is CN(C)c1ccc(N/C=C(/C#N)C(=O)NCCN2CCNCC2)cc1. The largest absolute Gasteiger partial charge is 0.378 e. The van der Waals surface area contributed by atoms with Crippen molar-refractivity contribution in [1.29, 1.82) is 5.26 Å². The topological polar surface area (TPSA) is 83.4 Å². The summed E-state index contributed by atoms with van der Waals surface area (Å²) in [6, 6.07) is 9.69. The lowest BCUT2D eigenvalue weighted by Gasteiger charge is -2.27. The van der Waals surface area contributed by atoms with E-state index in [1.54, 1.807) is 0 Å². The number of piperazine rings is 1. The summed E-state index contributed by atoms with van der Waals surface area (Å²) in [5.74, 6) is -0.352. The Hall–Kier alpha value is -2.56. The molecule has 1 saturated heterocycles. The molecule has 0 atom stereocenters. The van der Waals surface area contributed by atoms with Crippen LogP contribution >= 0.6 is 0 Å². The molecule has 0 aromatic heterocycles. The molecule has 0 bridgehead atoms. The Morgan fingerprint density at radius 1 is 1.32 bits per heavy atom. The van der Waals surface area contributed by atoms with Gasteiger partial charge in [0.25, 0.3) is 5.91 Å². The number of hydrogen-bond acceptors (Lipinski definition) is 6. The molecule has 3 N–H and O–H groups in total. The monoisotopic (exact) mass is 342 g/mol. The summed E-state index contributed by atoms with van der Waals surface area (Å²) in [4.78, 5) is 16.4. The lowest BCUT2D eigenvalue weighted by molar-refractivity contribution is -0.117. The molecule has 0 saturated carbocycles. The van der Waals surface area contributed by atoms with Crippen LogP contribution in [0.5, 0.6) is 0 Å². The summed E-state index contributed by atoms with van der Waals surface area (Å²) in [7, 11) is 3.95. The van der Waals surface area contributed by atoms with Crippen LogP contribution in [0.3, 0.4) is 0 Å². The number of carbonyl (C=O) groups is 1. The van der Waals surface area contributed by atoms with Gasteiger partial charge in [0.1, 0.15) is 11.6 Å². The van der Waals surface area contributed by atoms with E-state index in [1.807, 2.05) is 49.3 Å². The molecule has 1 aliphatic rings. The minimum atomic E-state index is -0.352. The van der Waals surface area contributed by atoms with Gasteiger partial charge in [0, 0.05) is 70.9 Å². The van der Waals surface area contributed by atoms with Crippen LogP contribution in [0.25, 0.3) is 0 Å². The molecule has 1 fully saturated rings. The van der Waals surface area contributed by atoms with Crippen LogP contribution in [0, 0.1) is 11.3 Å². The molecule has 0 spiro atoms. The minimum Gasteiger partial charge on any atom is -0.378 e. The third-order valence-corrected chi connectivity index (χ3v) is 4.06. The average molecular weight is 342 g/mol. The highest BCUT2D eigenvalue weighted by atomic mass is 16.1. The van der Waals surface area contributed by atoms with Gasteiger partial charge in [0.15, 0.2) is 0 Å². The molecule has 1 heterocycles. The molecular formula is C18H26N6O. The first-order valence-corrected chi connectivity index (χ1v) is 8.45. The van der Waals surface area contributed by atoms with Crippen LogP contribution in [0.2, 0.25) is 0 Å². The fourth-order valence-corrected chi connectivity index (χ4v) is 2.52. The molecule has 0 unspecified atom stereocenters. The maximum absolute atomic E-state index is 12.1. The zero-order valence-electron chi connectivity index (χ0n) is 14.9. The van der Waals surface area contributed by atoms with Gasteiger partial charge in [0.05, 0.1) is 0 Å². The molecule has 1 aromatic carbocycles. The lowest BCUT2D eigenvalue weighted by atomic mass is 10.2. The van der Waals surface area contributed by atoms with E-state index in [-0.39, 0.29) is 11.5 Å². The van der Waals surface area contributed by atoms with E-state index in [0.717, 1.165) is 44.1 Å². The van der Waals surface area contributed by atoms with Crippen LogP contribution in [-0.2, 0) is 4.79 Å². The van der Waals surface area contributed by atoms with Gasteiger partial charge in [-0.25, -0.2) is 0 Å². The predicted octanol–water partition coefficient (Wildman–Crippen LogP) is 0.593. The highest BCUT2D eigenvalue weighted by Crippen LogP contribution is 2.15. The van der Waals surface area contributed by atoms with Crippen LogP contribution in [-0.4, -0.2) is 64.2 Å². The van der Waals surface area contributed by atoms with E-state index in [1.165, 1.54) is 6.20 Å². The first kappa shape index (κ1) is 18.8. The highest BCUT2D eigenvalue weighted by molar-refractivity contribution is 5.97. The number of nitriles is 1. The van der Waals surface area contributed by atoms with Crippen molar-refractivity contribution >= 4 is 17.3 Å². The molecule has 0 aliphatic carbocycles. The van der Waals surface area contributed by atoms with Gasteiger partial charge in [0.2, 0.25) is 0 Å². The van der Waals surface area contributed by atoms with Gasteiger partial charge >= 0.3 is 0 Å². The highest BCUT2D eigenvalue weighted by Gasteiger charge is 2.11. The van der Waals surface area contributed by atoms with Crippen LogP contribution in [0.15, 0.2) is 36.0 Å². The Morgan fingerprint density at radius 2 is 2.00 bits per heavy atom. The molecule has 1 amide bonds. The van der Waals surface area contributed by atoms with Crippen molar-refractivity contribution in [3.63, 3.8) is 0 Å². The standard InChI is InChI=1S/C18H26N6O/c1-23(2)17-5-3-16(4-6-17)22-14-15(13-19)18(25)21-9-12-24-10-7-20-8-11-24/h3-6,14,20,22H,7-12H2,1-2H3,(H,21,25)/b15-14-. The number of benzene rings is 1. The van der Waals surface area contributed by atoms with Crippen molar-refractivity contribution in [2.75, 3.05) is 63.6 Å². The predicted molar refractivity (Wildman–Crippen MR) is 100 cm³/mol. The van der Waals surface area contributed by atoms with Gasteiger partial charge in [-0.15, -0.1) is 0 Å². The molecule has 1 aromatic rings. The zero-order chi connectivity index (χ0) is 18.1. The third-order valence-electron chi connectivity index (χ3n) is 4.06. The fraction of sp³-hybridized carbons (Fsp3) is 0.444. The van der Waals surface area contributed by atoms with Crippen LogP contribution in [0.1, 0.15) is 0 Å². The van der Waals surface area contributed by atoms with Gasteiger partial charge in [-0.05, 0) is 24.3 Å². The normalized spacial score (nSPS) is 15.3. The number of amides is 1. The summed E-state index contributed by atoms with van der Waals surface area (Å²) in [6.45, 7) is 5.27. The van der Waals surface area contributed by atoms with Crippen molar-refractivity contribution in [3.8, 4) is 6.07 Å². The Balaban J connectivity index is 1.81. The Kier molecular flexibility index (Phi) is 7.26. The lowest BCUT2D eigenvalue weighted by Crippen LogP contribution is -2.46. The second kappa shape index (κ2) is 9.67. The van der Waals surface area contributed by atoms with E-state index in [0.29, 0.717) is 6.54 Å². The number of carbonyl (C=O) groups excluding carboxylic acids is 1. The molecule has 25 heavy (non-hydrogen) atoms. The second-order valence-electron chi connectivity index (χ2n) is 6.10. The van der Waals surface area contributed by atoms with Gasteiger partial charge in [-0.2, -0.15) is 5.26 Å². The Labute approximate surface area is 149 Å². The van der Waals surface area contributed by atoms with Gasteiger partial charge in [-0.1, -0.05) is 0 Å².